The number of aromatic nitrogens is 3. The van der Waals surface area contributed by atoms with Crippen molar-refractivity contribution in [1.29, 1.82) is 0 Å². The van der Waals surface area contributed by atoms with Crippen LogP contribution in [-0.2, 0) is 0 Å². The lowest BCUT2D eigenvalue weighted by Crippen LogP contribution is -1.95. The molecule has 3 aromatic heterocycles. The summed E-state index contributed by atoms with van der Waals surface area (Å²) in [6.45, 7) is 0. The molecule has 3 nitrogen and oxygen atoms in total. The van der Waals surface area contributed by atoms with Gasteiger partial charge in [-0.1, -0.05) is 84.9 Å². The minimum Gasteiger partial charge on any atom is -0.309 e. The van der Waals surface area contributed by atoms with Gasteiger partial charge in [-0.25, -0.2) is 4.98 Å². The van der Waals surface area contributed by atoms with E-state index < -0.39 is 0 Å². The van der Waals surface area contributed by atoms with E-state index in [0.29, 0.717) is 0 Å². The molecule has 8 rings (SSSR count). The van der Waals surface area contributed by atoms with Crippen molar-refractivity contribution in [2.75, 3.05) is 0 Å². The molecule has 8 aromatic rings. The van der Waals surface area contributed by atoms with Gasteiger partial charge in [0, 0.05) is 39.8 Å². The molecule has 36 heavy (non-hydrogen) atoms. The third-order valence-corrected chi connectivity index (χ3v) is 7.33. The number of pyridine rings is 1. The van der Waals surface area contributed by atoms with Crippen molar-refractivity contribution >= 4 is 49.0 Å². The fraction of sp³-hybridized carbons (Fsp3) is 0. The number of nitrogens with zero attached hydrogens (tertiary/aromatic N) is 3. The van der Waals surface area contributed by atoms with Crippen LogP contribution in [-0.4, -0.2) is 14.0 Å². The second kappa shape index (κ2) is 7.30. The summed E-state index contributed by atoms with van der Waals surface area (Å²) in [6, 6.07) is 41.2. The maximum atomic E-state index is 4.81. The van der Waals surface area contributed by atoms with E-state index >= 15 is 0 Å². The molecule has 0 saturated carbocycles. The second-order valence-electron chi connectivity index (χ2n) is 9.31. The highest BCUT2D eigenvalue weighted by Crippen LogP contribution is 2.42. The van der Waals surface area contributed by atoms with Crippen molar-refractivity contribution in [1.82, 2.24) is 14.0 Å². The first kappa shape index (κ1) is 19.4. The zero-order valence-electron chi connectivity index (χ0n) is 19.5. The Morgan fingerprint density at radius 3 is 1.94 bits per heavy atom. The van der Waals surface area contributed by atoms with Crippen LogP contribution in [0, 0.1) is 0 Å². The van der Waals surface area contributed by atoms with Crippen molar-refractivity contribution in [2.45, 2.75) is 0 Å². The molecule has 5 aromatic carbocycles. The zero-order valence-corrected chi connectivity index (χ0v) is 19.5. The first-order valence-electron chi connectivity index (χ1n) is 12.2. The molecule has 0 aliphatic rings. The Hall–Kier alpha value is -4.89. The Labute approximate surface area is 207 Å². The third-order valence-electron chi connectivity index (χ3n) is 7.33. The Bertz CT molecular complexity index is 2060. The van der Waals surface area contributed by atoms with Gasteiger partial charge in [-0.05, 0) is 46.5 Å². The summed E-state index contributed by atoms with van der Waals surface area (Å²) in [4.78, 5) is 4.81. The summed E-state index contributed by atoms with van der Waals surface area (Å²) in [5, 5.41) is 7.73. The Balaban J connectivity index is 1.44. The summed E-state index contributed by atoms with van der Waals surface area (Å²) in [6.07, 6.45) is 4.12. The monoisotopic (exact) mass is 459 g/mol. The number of hydrogen-bond donors (Lipinski definition) is 0. The average Bonchev–Trinajstić information content (AvgIpc) is 3.53. The molecule has 0 saturated heterocycles. The maximum absolute atomic E-state index is 4.81. The highest BCUT2D eigenvalue weighted by molar-refractivity contribution is 6.32. The van der Waals surface area contributed by atoms with E-state index in [-0.39, 0.29) is 0 Å². The van der Waals surface area contributed by atoms with E-state index in [4.69, 9.17) is 4.98 Å². The van der Waals surface area contributed by atoms with Crippen LogP contribution >= 0.6 is 0 Å². The van der Waals surface area contributed by atoms with Crippen molar-refractivity contribution in [3.05, 3.63) is 128 Å². The third kappa shape index (κ3) is 2.65. The normalized spacial score (nSPS) is 11.9. The minimum absolute atomic E-state index is 0.956. The lowest BCUT2D eigenvalue weighted by atomic mass is 9.97. The molecular formula is C33H21N3. The molecular weight excluding hydrogens is 438 g/mol. The van der Waals surface area contributed by atoms with Gasteiger partial charge in [0.15, 0.2) is 0 Å². The fourth-order valence-corrected chi connectivity index (χ4v) is 5.75. The number of rotatable bonds is 2. The Kier molecular flexibility index (Phi) is 3.94. The van der Waals surface area contributed by atoms with Crippen molar-refractivity contribution in [3.8, 4) is 16.9 Å². The van der Waals surface area contributed by atoms with Gasteiger partial charge < -0.3 is 8.97 Å². The summed E-state index contributed by atoms with van der Waals surface area (Å²) in [7, 11) is 0. The largest absolute Gasteiger partial charge is 0.309 e. The van der Waals surface area contributed by atoms with Gasteiger partial charge in [0.25, 0.3) is 0 Å². The molecule has 0 atom stereocenters. The summed E-state index contributed by atoms with van der Waals surface area (Å²) >= 11 is 0. The molecule has 0 bridgehead atoms. The van der Waals surface area contributed by atoms with Gasteiger partial charge in [0.1, 0.15) is 5.65 Å². The summed E-state index contributed by atoms with van der Waals surface area (Å²) in [5.41, 5.74) is 6.66. The summed E-state index contributed by atoms with van der Waals surface area (Å²) < 4.78 is 4.49. The molecule has 3 heterocycles. The van der Waals surface area contributed by atoms with Gasteiger partial charge in [-0.2, -0.15) is 0 Å². The maximum Gasteiger partial charge on any atom is 0.137 e. The van der Waals surface area contributed by atoms with Crippen LogP contribution < -0.4 is 0 Å². The van der Waals surface area contributed by atoms with Gasteiger partial charge in [0.05, 0.1) is 16.7 Å². The van der Waals surface area contributed by atoms with E-state index in [9.17, 15) is 0 Å². The van der Waals surface area contributed by atoms with Crippen molar-refractivity contribution in [2.24, 2.45) is 0 Å². The molecule has 0 unspecified atom stereocenters. The average molecular weight is 460 g/mol. The molecule has 0 spiro atoms. The molecule has 0 aliphatic heterocycles. The number of benzene rings is 5. The molecule has 0 aliphatic carbocycles. The molecule has 0 radical (unpaired) electrons. The standard InChI is InChI=1S/C33H21N3/c1-3-11-26-24(9-1)25-10-2-4-12-27(25)33-32(26)28-13-5-6-14-30(28)36(33)23-18-16-22(17-19-23)29-21-35-20-8-7-15-31(35)34-29/h1-21H. The van der Waals surface area contributed by atoms with Gasteiger partial charge in [-0.3, -0.25) is 0 Å². The van der Waals surface area contributed by atoms with Crippen LogP contribution in [0.15, 0.2) is 128 Å². The van der Waals surface area contributed by atoms with Crippen molar-refractivity contribution < 1.29 is 0 Å². The van der Waals surface area contributed by atoms with E-state index in [1.165, 1.54) is 43.4 Å². The van der Waals surface area contributed by atoms with Crippen LogP contribution in [0.1, 0.15) is 0 Å². The number of fused-ring (bicyclic) bond motifs is 9. The topological polar surface area (TPSA) is 22.2 Å². The lowest BCUT2D eigenvalue weighted by Gasteiger charge is -2.12. The quantitative estimate of drug-likeness (QED) is 0.238. The molecule has 3 heteroatoms. The van der Waals surface area contributed by atoms with Crippen LogP contribution in [0.25, 0.3) is 65.9 Å². The zero-order chi connectivity index (χ0) is 23.6. The number of hydrogen-bond acceptors (Lipinski definition) is 1. The van der Waals surface area contributed by atoms with Crippen LogP contribution in [0.5, 0.6) is 0 Å². The Morgan fingerprint density at radius 2 is 1.17 bits per heavy atom. The van der Waals surface area contributed by atoms with Gasteiger partial charge in [0.2, 0.25) is 0 Å². The predicted octanol–water partition coefficient (Wildman–Crippen LogP) is 8.40. The Morgan fingerprint density at radius 1 is 0.528 bits per heavy atom. The van der Waals surface area contributed by atoms with Crippen molar-refractivity contribution in [3.63, 3.8) is 0 Å². The highest BCUT2D eigenvalue weighted by Gasteiger charge is 2.18. The molecule has 0 fully saturated rings. The molecule has 168 valence electrons. The lowest BCUT2D eigenvalue weighted by molar-refractivity contribution is 1.18. The van der Waals surface area contributed by atoms with Crippen LogP contribution in [0.2, 0.25) is 0 Å². The molecule has 0 N–H and O–H groups in total. The van der Waals surface area contributed by atoms with Gasteiger partial charge in [-0.15, -0.1) is 0 Å². The smallest absolute Gasteiger partial charge is 0.137 e. The van der Waals surface area contributed by atoms with E-state index in [1.54, 1.807) is 0 Å². The predicted molar refractivity (Wildman–Crippen MR) is 150 cm³/mol. The fourth-order valence-electron chi connectivity index (χ4n) is 5.75. The number of para-hydroxylation sites is 1. The first-order chi connectivity index (χ1) is 17.9. The van der Waals surface area contributed by atoms with E-state index in [0.717, 1.165) is 22.6 Å². The molecule has 0 amide bonds. The second-order valence-corrected chi connectivity index (χ2v) is 9.31. The first-order valence-corrected chi connectivity index (χ1v) is 12.2. The summed E-state index contributed by atoms with van der Waals surface area (Å²) in [5.74, 6) is 0. The highest BCUT2D eigenvalue weighted by atomic mass is 15.0. The minimum atomic E-state index is 0.956. The van der Waals surface area contributed by atoms with Crippen LogP contribution in [0.3, 0.4) is 0 Å². The van der Waals surface area contributed by atoms with E-state index in [1.807, 2.05) is 24.4 Å². The SMILES string of the molecule is c1ccc2c(c1)c1ccccc1c1c2c2ccccc2n1-c1ccc(-c2cn3ccccc3n2)cc1. The van der Waals surface area contributed by atoms with E-state index in [2.05, 4.69) is 112 Å². The van der Waals surface area contributed by atoms with Gasteiger partial charge >= 0.3 is 0 Å². The van der Waals surface area contributed by atoms with Crippen LogP contribution in [0.4, 0.5) is 0 Å². The number of imidazole rings is 1.